The molecule has 1 aromatic rings. The summed E-state index contributed by atoms with van der Waals surface area (Å²) in [4.78, 5) is 16.0. The number of aromatic nitrogens is 1. The Hall–Kier alpha value is -1.42. The van der Waals surface area contributed by atoms with Crippen LogP contribution in [0, 0.1) is 5.41 Å². The highest BCUT2D eigenvalue weighted by Gasteiger charge is 2.44. The summed E-state index contributed by atoms with van der Waals surface area (Å²) < 4.78 is 5.11. The smallest absolute Gasteiger partial charge is 0.236 e. The lowest BCUT2D eigenvalue weighted by atomic mass is 9.82. The minimum atomic E-state index is -0.336. The highest BCUT2D eigenvalue weighted by molar-refractivity contribution is 5.95. The molecule has 0 radical (unpaired) electrons. The van der Waals surface area contributed by atoms with E-state index in [0.29, 0.717) is 19.0 Å². The molecule has 0 spiro atoms. The highest BCUT2D eigenvalue weighted by Crippen LogP contribution is 2.32. The van der Waals surface area contributed by atoms with Crippen molar-refractivity contribution in [3.05, 3.63) is 24.4 Å². The van der Waals surface area contributed by atoms with Gasteiger partial charge < -0.3 is 10.1 Å². The second-order valence-corrected chi connectivity index (χ2v) is 3.80. The Labute approximate surface area is 88.7 Å². The molecule has 15 heavy (non-hydrogen) atoms. The first-order chi connectivity index (χ1) is 7.27. The molecular weight excluding hydrogens is 192 g/mol. The third kappa shape index (κ3) is 1.85. The second-order valence-electron chi connectivity index (χ2n) is 3.80. The summed E-state index contributed by atoms with van der Waals surface area (Å²) in [7, 11) is 0. The van der Waals surface area contributed by atoms with Gasteiger partial charge in [-0.2, -0.15) is 0 Å². The van der Waals surface area contributed by atoms with Crippen molar-refractivity contribution in [3.63, 3.8) is 0 Å². The summed E-state index contributed by atoms with van der Waals surface area (Å²) in [6, 6.07) is 5.44. The van der Waals surface area contributed by atoms with Crippen LogP contribution in [-0.2, 0) is 9.53 Å². The number of pyridine rings is 1. The number of carbonyl (C=O) groups excluding carboxylic acids is 1. The first kappa shape index (κ1) is 10.1. The number of anilines is 1. The largest absolute Gasteiger partial charge is 0.379 e. The minimum Gasteiger partial charge on any atom is -0.379 e. The van der Waals surface area contributed by atoms with Gasteiger partial charge in [0.2, 0.25) is 5.91 Å². The molecule has 80 valence electrons. The van der Waals surface area contributed by atoms with Crippen LogP contribution < -0.4 is 5.32 Å². The van der Waals surface area contributed by atoms with Crippen LogP contribution in [-0.4, -0.2) is 24.1 Å². The fourth-order valence-electron chi connectivity index (χ4n) is 1.53. The third-order valence-electron chi connectivity index (χ3n) is 2.82. The maximum atomic E-state index is 11.9. The van der Waals surface area contributed by atoms with Crippen molar-refractivity contribution in [1.82, 2.24) is 4.98 Å². The first-order valence-electron chi connectivity index (χ1n) is 5.07. The lowest BCUT2D eigenvalue weighted by Gasteiger charge is -2.38. The molecule has 0 unspecified atom stereocenters. The van der Waals surface area contributed by atoms with Gasteiger partial charge in [-0.25, -0.2) is 4.98 Å². The van der Waals surface area contributed by atoms with Gasteiger partial charge in [0, 0.05) is 6.20 Å². The molecular formula is C11H14N2O2. The molecule has 1 aliphatic heterocycles. The van der Waals surface area contributed by atoms with E-state index < -0.39 is 0 Å². The van der Waals surface area contributed by atoms with Crippen LogP contribution in [0.2, 0.25) is 0 Å². The third-order valence-corrected chi connectivity index (χ3v) is 2.82. The van der Waals surface area contributed by atoms with E-state index in [9.17, 15) is 4.79 Å². The number of rotatable bonds is 3. The van der Waals surface area contributed by atoms with E-state index >= 15 is 0 Å². The zero-order valence-corrected chi connectivity index (χ0v) is 8.69. The Morgan fingerprint density at radius 3 is 2.87 bits per heavy atom. The zero-order valence-electron chi connectivity index (χ0n) is 8.69. The molecule has 2 rings (SSSR count). The van der Waals surface area contributed by atoms with E-state index in [1.807, 2.05) is 19.1 Å². The summed E-state index contributed by atoms with van der Waals surface area (Å²) in [6.45, 7) is 3.03. The number of carbonyl (C=O) groups is 1. The molecule has 1 aliphatic rings. The van der Waals surface area contributed by atoms with E-state index in [1.165, 1.54) is 0 Å². The van der Waals surface area contributed by atoms with Crippen molar-refractivity contribution in [2.75, 3.05) is 18.5 Å². The molecule has 0 aromatic carbocycles. The standard InChI is InChI=1S/C11H14N2O2/c1-2-11(7-15-8-11)10(14)13-9-5-3-4-6-12-9/h3-6H,2,7-8H2,1H3,(H,12,13,14). The summed E-state index contributed by atoms with van der Waals surface area (Å²) >= 11 is 0. The molecule has 2 heterocycles. The van der Waals surface area contributed by atoms with Crippen LogP contribution in [0.1, 0.15) is 13.3 Å². The molecule has 1 amide bonds. The van der Waals surface area contributed by atoms with Crippen LogP contribution in [0.4, 0.5) is 5.82 Å². The zero-order chi connectivity index (χ0) is 10.7. The fraction of sp³-hybridized carbons (Fsp3) is 0.455. The Morgan fingerprint density at radius 2 is 2.40 bits per heavy atom. The number of nitrogens with one attached hydrogen (secondary N) is 1. The van der Waals surface area contributed by atoms with Crippen molar-refractivity contribution in [1.29, 1.82) is 0 Å². The normalized spacial score (nSPS) is 17.9. The quantitative estimate of drug-likeness (QED) is 0.814. The van der Waals surface area contributed by atoms with Gasteiger partial charge in [-0.15, -0.1) is 0 Å². The molecule has 1 saturated heterocycles. The van der Waals surface area contributed by atoms with E-state index in [0.717, 1.165) is 6.42 Å². The number of hydrogen-bond acceptors (Lipinski definition) is 3. The molecule has 1 N–H and O–H groups in total. The number of nitrogens with zero attached hydrogens (tertiary/aromatic N) is 1. The maximum absolute atomic E-state index is 11.9. The van der Waals surface area contributed by atoms with Crippen LogP contribution in [0.15, 0.2) is 24.4 Å². The maximum Gasteiger partial charge on any atom is 0.236 e. The van der Waals surface area contributed by atoms with Gasteiger partial charge in [0.05, 0.1) is 18.6 Å². The van der Waals surface area contributed by atoms with Gasteiger partial charge in [0.15, 0.2) is 0 Å². The van der Waals surface area contributed by atoms with Gasteiger partial charge in [0.1, 0.15) is 5.82 Å². The summed E-state index contributed by atoms with van der Waals surface area (Å²) in [5, 5.41) is 2.81. The van der Waals surface area contributed by atoms with E-state index in [1.54, 1.807) is 12.3 Å². The van der Waals surface area contributed by atoms with Crippen LogP contribution in [0.3, 0.4) is 0 Å². The fourth-order valence-corrected chi connectivity index (χ4v) is 1.53. The predicted molar refractivity (Wildman–Crippen MR) is 56.4 cm³/mol. The average Bonchev–Trinajstić information content (AvgIpc) is 2.18. The van der Waals surface area contributed by atoms with Crippen molar-refractivity contribution < 1.29 is 9.53 Å². The van der Waals surface area contributed by atoms with Crippen LogP contribution in [0.5, 0.6) is 0 Å². The van der Waals surface area contributed by atoms with Crippen molar-refractivity contribution in [3.8, 4) is 0 Å². The summed E-state index contributed by atoms with van der Waals surface area (Å²) in [6.07, 6.45) is 2.46. The van der Waals surface area contributed by atoms with Crippen LogP contribution >= 0.6 is 0 Å². The monoisotopic (exact) mass is 206 g/mol. The SMILES string of the molecule is CCC1(C(=O)Nc2ccccn2)COC1. The molecule has 0 aliphatic carbocycles. The van der Waals surface area contributed by atoms with Gasteiger partial charge in [-0.05, 0) is 18.6 Å². The Morgan fingerprint density at radius 1 is 1.60 bits per heavy atom. The lowest BCUT2D eigenvalue weighted by molar-refractivity contribution is -0.156. The molecule has 0 atom stereocenters. The van der Waals surface area contributed by atoms with E-state index in [-0.39, 0.29) is 11.3 Å². The number of hydrogen-bond donors (Lipinski definition) is 1. The topological polar surface area (TPSA) is 51.2 Å². The van der Waals surface area contributed by atoms with Crippen molar-refractivity contribution >= 4 is 11.7 Å². The predicted octanol–water partition coefficient (Wildman–Crippen LogP) is 1.45. The molecule has 4 heteroatoms. The average molecular weight is 206 g/mol. The highest BCUT2D eigenvalue weighted by atomic mass is 16.5. The Kier molecular flexibility index (Phi) is 2.68. The molecule has 4 nitrogen and oxygen atoms in total. The number of ether oxygens (including phenoxy) is 1. The molecule has 0 bridgehead atoms. The minimum absolute atomic E-state index is 0.00921. The van der Waals surface area contributed by atoms with Crippen molar-refractivity contribution in [2.24, 2.45) is 5.41 Å². The summed E-state index contributed by atoms with van der Waals surface area (Å²) in [5.41, 5.74) is -0.336. The molecule has 1 fully saturated rings. The second kappa shape index (κ2) is 3.98. The molecule has 1 aromatic heterocycles. The molecule has 0 saturated carbocycles. The van der Waals surface area contributed by atoms with Gasteiger partial charge in [-0.3, -0.25) is 4.79 Å². The lowest BCUT2D eigenvalue weighted by Crippen LogP contribution is -2.51. The number of amides is 1. The van der Waals surface area contributed by atoms with E-state index in [4.69, 9.17) is 4.74 Å². The first-order valence-corrected chi connectivity index (χ1v) is 5.07. The van der Waals surface area contributed by atoms with Crippen molar-refractivity contribution in [2.45, 2.75) is 13.3 Å². The van der Waals surface area contributed by atoms with E-state index in [2.05, 4.69) is 10.3 Å². The Balaban J connectivity index is 2.04. The van der Waals surface area contributed by atoms with Gasteiger partial charge >= 0.3 is 0 Å². The Bertz CT molecular complexity index is 341. The van der Waals surface area contributed by atoms with Gasteiger partial charge in [-0.1, -0.05) is 13.0 Å². The summed E-state index contributed by atoms with van der Waals surface area (Å²) in [5.74, 6) is 0.608. The van der Waals surface area contributed by atoms with Gasteiger partial charge in [0.25, 0.3) is 0 Å². The van der Waals surface area contributed by atoms with Crippen LogP contribution in [0.25, 0.3) is 0 Å².